The van der Waals surface area contributed by atoms with E-state index in [1.54, 1.807) is 19.1 Å². The molecule has 0 atom stereocenters. The number of fused-ring (bicyclic) bond motifs is 2. The fourth-order valence-electron chi connectivity index (χ4n) is 4.15. The van der Waals surface area contributed by atoms with E-state index in [0.29, 0.717) is 27.5 Å². The molecule has 0 unspecified atom stereocenters. The number of methoxy groups -OCH3 is 1. The molecule has 37 heavy (non-hydrogen) atoms. The first-order chi connectivity index (χ1) is 17.9. The number of anilines is 1. The number of amides is 2. The van der Waals surface area contributed by atoms with Crippen molar-refractivity contribution in [2.45, 2.75) is 39.7 Å². The van der Waals surface area contributed by atoms with Gasteiger partial charge < -0.3 is 19.4 Å². The van der Waals surface area contributed by atoms with Crippen LogP contribution in [0.1, 0.15) is 51.4 Å². The van der Waals surface area contributed by atoms with Gasteiger partial charge in [0.1, 0.15) is 5.00 Å². The Morgan fingerprint density at radius 1 is 1.11 bits per heavy atom. The molecule has 0 fully saturated rings. The minimum Gasteiger partial charge on any atom is -0.465 e. The first-order valence-corrected chi connectivity index (χ1v) is 14.6. The van der Waals surface area contributed by atoms with Crippen LogP contribution in [0.5, 0.6) is 0 Å². The van der Waals surface area contributed by atoms with E-state index in [1.165, 1.54) is 29.8 Å². The Morgan fingerprint density at radius 3 is 2.65 bits per heavy atom. The van der Waals surface area contributed by atoms with Gasteiger partial charge in [-0.15, -0.1) is 23.1 Å². The van der Waals surface area contributed by atoms with E-state index in [9.17, 15) is 19.2 Å². The van der Waals surface area contributed by atoms with Gasteiger partial charge in [0, 0.05) is 11.4 Å². The number of hydrogen-bond acceptors (Lipinski definition) is 9. The summed E-state index contributed by atoms with van der Waals surface area (Å²) in [4.78, 5) is 55.4. The van der Waals surface area contributed by atoms with E-state index in [4.69, 9.17) is 9.47 Å². The van der Waals surface area contributed by atoms with Crippen LogP contribution in [0.3, 0.4) is 0 Å². The number of benzene rings is 1. The Labute approximate surface area is 225 Å². The van der Waals surface area contributed by atoms with Gasteiger partial charge in [0.25, 0.3) is 5.91 Å². The summed E-state index contributed by atoms with van der Waals surface area (Å²) in [6, 6.07) is 5.23. The molecule has 3 aromatic rings. The summed E-state index contributed by atoms with van der Waals surface area (Å²) in [5.74, 6) is -1.40. The van der Waals surface area contributed by atoms with Crippen LogP contribution in [0.2, 0.25) is 0 Å². The van der Waals surface area contributed by atoms with E-state index in [0.717, 1.165) is 51.7 Å². The Bertz CT molecular complexity index is 1440. The molecule has 0 saturated carbocycles. The van der Waals surface area contributed by atoms with Gasteiger partial charge >= 0.3 is 11.9 Å². The summed E-state index contributed by atoms with van der Waals surface area (Å²) in [5, 5.41) is 3.35. The number of thioether (sulfide) groups is 1. The van der Waals surface area contributed by atoms with Crippen molar-refractivity contribution in [3.05, 3.63) is 44.6 Å². The minimum atomic E-state index is -0.427. The standard InChI is InChI=1S/C25H27N3O6S3/c1-4-28-16-10-9-14(23(31)33-3)11-18(16)37-25(28)27-20(30)13-35-12-19(29)26-22-21(24(32)34-5-2)15-7-6-8-17(15)36-22/h9-11H,4-8,12-13H2,1-3H3,(H,26,29). The molecule has 0 bridgehead atoms. The third-order valence-corrected chi connectivity index (χ3v) is 8.92. The summed E-state index contributed by atoms with van der Waals surface area (Å²) in [6.07, 6.45) is 2.69. The van der Waals surface area contributed by atoms with Gasteiger partial charge in [0.05, 0.1) is 46.6 Å². The zero-order valence-corrected chi connectivity index (χ0v) is 23.2. The number of carbonyl (C=O) groups is 4. The monoisotopic (exact) mass is 561 g/mol. The summed E-state index contributed by atoms with van der Waals surface area (Å²) in [7, 11) is 1.33. The van der Waals surface area contributed by atoms with Crippen molar-refractivity contribution in [1.82, 2.24) is 4.57 Å². The average Bonchev–Trinajstić information content (AvgIpc) is 3.55. The lowest BCUT2D eigenvalue weighted by molar-refractivity contribution is -0.115. The van der Waals surface area contributed by atoms with E-state index in [-0.39, 0.29) is 29.9 Å². The molecule has 0 spiro atoms. The Kier molecular flexibility index (Phi) is 8.83. The lowest BCUT2D eigenvalue weighted by atomic mass is 10.1. The van der Waals surface area contributed by atoms with Crippen LogP contribution < -0.4 is 10.1 Å². The van der Waals surface area contributed by atoms with Crippen molar-refractivity contribution in [2.75, 3.05) is 30.5 Å². The number of carbonyl (C=O) groups excluding carboxylic acids is 4. The fraction of sp³-hybridized carbons (Fsp3) is 0.400. The van der Waals surface area contributed by atoms with Crippen molar-refractivity contribution in [3.63, 3.8) is 0 Å². The van der Waals surface area contributed by atoms with E-state index in [1.807, 2.05) is 17.6 Å². The maximum atomic E-state index is 12.6. The topological polar surface area (TPSA) is 116 Å². The van der Waals surface area contributed by atoms with Crippen LogP contribution in [-0.2, 0) is 38.4 Å². The molecule has 0 radical (unpaired) electrons. The molecule has 0 aliphatic heterocycles. The average molecular weight is 562 g/mol. The molecule has 2 amide bonds. The predicted molar refractivity (Wildman–Crippen MR) is 146 cm³/mol. The number of aryl methyl sites for hydroxylation is 2. The van der Waals surface area contributed by atoms with Crippen molar-refractivity contribution < 1.29 is 28.7 Å². The number of esters is 2. The Balaban J connectivity index is 1.40. The summed E-state index contributed by atoms with van der Waals surface area (Å²) in [5.41, 5.74) is 2.75. The highest BCUT2D eigenvalue weighted by Crippen LogP contribution is 2.39. The highest BCUT2D eigenvalue weighted by atomic mass is 32.2. The molecule has 0 saturated heterocycles. The quantitative estimate of drug-likeness (QED) is 0.392. The van der Waals surface area contributed by atoms with E-state index in [2.05, 4.69) is 10.3 Å². The van der Waals surface area contributed by atoms with Gasteiger partial charge in [-0.25, -0.2) is 9.59 Å². The zero-order valence-electron chi connectivity index (χ0n) is 20.8. The second-order valence-corrected chi connectivity index (χ2v) is 11.2. The number of thiophene rings is 1. The number of rotatable bonds is 9. The van der Waals surface area contributed by atoms with Gasteiger partial charge in [-0.2, -0.15) is 4.99 Å². The number of ether oxygens (including phenoxy) is 2. The number of nitrogens with zero attached hydrogens (tertiary/aromatic N) is 2. The molecule has 4 rings (SSSR count). The maximum Gasteiger partial charge on any atom is 0.341 e. The zero-order chi connectivity index (χ0) is 26.5. The second kappa shape index (κ2) is 12.1. The van der Waals surface area contributed by atoms with Crippen molar-refractivity contribution >= 4 is 73.4 Å². The lowest BCUT2D eigenvalue weighted by Gasteiger charge is -2.07. The van der Waals surface area contributed by atoms with Gasteiger partial charge in [0.15, 0.2) is 4.80 Å². The number of thiazole rings is 1. The van der Waals surface area contributed by atoms with Gasteiger partial charge in [-0.1, -0.05) is 11.3 Å². The molecule has 196 valence electrons. The minimum absolute atomic E-state index is 0.0322. The first kappa shape index (κ1) is 27.1. The molecule has 1 aliphatic carbocycles. The normalized spacial score (nSPS) is 13.0. The van der Waals surface area contributed by atoms with Crippen LogP contribution in [0.4, 0.5) is 5.00 Å². The smallest absolute Gasteiger partial charge is 0.341 e. The summed E-state index contributed by atoms with van der Waals surface area (Å²) >= 11 is 3.90. The van der Waals surface area contributed by atoms with Crippen LogP contribution in [0.25, 0.3) is 10.2 Å². The van der Waals surface area contributed by atoms with Gasteiger partial charge in [-0.3, -0.25) is 9.59 Å². The molecule has 2 aromatic heterocycles. The van der Waals surface area contributed by atoms with E-state index >= 15 is 0 Å². The molecule has 1 N–H and O–H groups in total. The second-order valence-electron chi connectivity index (χ2n) is 8.13. The maximum absolute atomic E-state index is 12.6. The first-order valence-electron chi connectivity index (χ1n) is 11.8. The van der Waals surface area contributed by atoms with Crippen molar-refractivity contribution in [3.8, 4) is 0 Å². The van der Waals surface area contributed by atoms with Crippen LogP contribution >= 0.6 is 34.4 Å². The summed E-state index contributed by atoms with van der Waals surface area (Å²) < 4.78 is 12.7. The largest absolute Gasteiger partial charge is 0.465 e. The molecule has 2 heterocycles. The van der Waals surface area contributed by atoms with Gasteiger partial charge in [-0.05, 0) is 56.9 Å². The summed E-state index contributed by atoms with van der Waals surface area (Å²) in [6.45, 7) is 4.57. The van der Waals surface area contributed by atoms with Crippen LogP contribution in [0.15, 0.2) is 23.2 Å². The number of hydrogen-bond donors (Lipinski definition) is 1. The van der Waals surface area contributed by atoms with Gasteiger partial charge in [0.2, 0.25) is 5.91 Å². The number of aromatic nitrogens is 1. The highest BCUT2D eigenvalue weighted by molar-refractivity contribution is 8.00. The third kappa shape index (κ3) is 5.97. The SMILES string of the molecule is CCOC(=O)c1c(NC(=O)CSCC(=O)N=c2sc3cc(C(=O)OC)ccc3n2CC)sc2c1CCC2. The molecule has 1 aromatic carbocycles. The lowest BCUT2D eigenvalue weighted by Crippen LogP contribution is -2.19. The fourth-order valence-corrected chi connectivity index (χ4v) is 7.20. The van der Waals surface area contributed by atoms with E-state index < -0.39 is 11.9 Å². The molecular formula is C25H27N3O6S3. The molecular weight excluding hydrogens is 534 g/mol. The van der Waals surface area contributed by atoms with Crippen molar-refractivity contribution in [1.29, 1.82) is 0 Å². The molecule has 12 heteroatoms. The van der Waals surface area contributed by atoms with Crippen molar-refractivity contribution in [2.24, 2.45) is 4.99 Å². The van der Waals surface area contributed by atoms with Crippen LogP contribution in [0, 0.1) is 0 Å². The third-order valence-electron chi connectivity index (χ3n) is 5.75. The Hall–Kier alpha value is -2.96. The Morgan fingerprint density at radius 2 is 1.92 bits per heavy atom. The highest BCUT2D eigenvalue weighted by Gasteiger charge is 2.28. The molecule has 1 aliphatic rings. The number of nitrogens with one attached hydrogen (secondary N) is 1. The molecule has 9 nitrogen and oxygen atoms in total. The predicted octanol–water partition coefficient (Wildman–Crippen LogP) is 4.04. The van der Waals surface area contributed by atoms with Crippen LogP contribution in [-0.4, -0.2) is 53.5 Å².